The van der Waals surface area contributed by atoms with Crippen molar-refractivity contribution < 1.29 is 9.35 Å². The highest BCUT2D eigenvalue weighted by molar-refractivity contribution is 5.98. The molecule has 1 aromatic carbocycles. The SMILES string of the molecule is Cc1ccc(C(C)(C)O[Si])c([N+](=O)[O-])c1C. The first-order valence-corrected chi connectivity index (χ1v) is 5.32. The van der Waals surface area contributed by atoms with Crippen LogP contribution in [0.5, 0.6) is 0 Å². The van der Waals surface area contributed by atoms with E-state index in [0.29, 0.717) is 11.1 Å². The number of nitrogens with zero attached hydrogens (tertiary/aromatic N) is 1. The number of nitro groups is 1. The zero-order valence-corrected chi connectivity index (χ0v) is 10.8. The lowest BCUT2D eigenvalue weighted by molar-refractivity contribution is -0.387. The molecule has 0 fully saturated rings. The van der Waals surface area contributed by atoms with Gasteiger partial charge in [-0.3, -0.25) is 10.1 Å². The number of rotatable bonds is 3. The van der Waals surface area contributed by atoms with Gasteiger partial charge in [0.1, 0.15) is 0 Å². The lowest BCUT2D eigenvalue weighted by atomic mass is 9.92. The topological polar surface area (TPSA) is 52.4 Å². The number of hydrogen-bond acceptors (Lipinski definition) is 3. The van der Waals surface area contributed by atoms with Gasteiger partial charge in [0, 0.05) is 5.56 Å². The van der Waals surface area contributed by atoms with Crippen LogP contribution in [0.2, 0.25) is 0 Å². The van der Waals surface area contributed by atoms with E-state index in [2.05, 4.69) is 10.5 Å². The molecule has 0 aliphatic carbocycles. The molecule has 1 rings (SSSR count). The molecule has 1 aromatic rings. The highest BCUT2D eigenvalue weighted by Gasteiger charge is 2.30. The second-order valence-electron chi connectivity index (χ2n) is 4.27. The molecular weight excluding hydrogens is 222 g/mol. The Hall–Kier alpha value is -1.20. The highest BCUT2D eigenvalue weighted by atomic mass is 28.2. The minimum Gasteiger partial charge on any atom is -0.409 e. The normalized spacial score (nSPS) is 11.6. The Bertz CT molecular complexity index is 429. The fourth-order valence-corrected chi connectivity index (χ4v) is 1.69. The minimum atomic E-state index is -0.738. The summed E-state index contributed by atoms with van der Waals surface area (Å²) < 4.78 is 5.11. The molecule has 0 aliphatic heterocycles. The summed E-state index contributed by atoms with van der Waals surface area (Å²) in [4.78, 5) is 10.7. The smallest absolute Gasteiger partial charge is 0.278 e. The number of aryl methyl sites for hydroxylation is 1. The molecule has 16 heavy (non-hydrogen) atoms. The Morgan fingerprint density at radius 3 is 2.38 bits per heavy atom. The molecule has 85 valence electrons. The molecule has 3 radical (unpaired) electrons. The van der Waals surface area contributed by atoms with Crippen LogP contribution in [0.25, 0.3) is 0 Å². The first-order valence-electron chi connectivity index (χ1n) is 4.91. The summed E-state index contributed by atoms with van der Waals surface area (Å²) in [6.45, 7) is 7.16. The molecular formula is C11H14NO3Si. The summed E-state index contributed by atoms with van der Waals surface area (Å²) >= 11 is 0. The molecule has 0 N–H and O–H groups in total. The zero-order valence-electron chi connectivity index (χ0n) is 9.83. The van der Waals surface area contributed by atoms with Crippen molar-refractivity contribution in [1.82, 2.24) is 0 Å². The lowest BCUT2D eigenvalue weighted by Gasteiger charge is -2.24. The van der Waals surface area contributed by atoms with Gasteiger partial charge >= 0.3 is 0 Å². The van der Waals surface area contributed by atoms with Crippen LogP contribution in [0.4, 0.5) is 5.69 Å². The summed E-state index contributed by atoms with van der Waals surface area (Å²) in [7, 11) is 2.96. The van der Waals surface area contributed by atoms with Crippen LogP contribution >= 0.6 is 0 Å². The molecule has 0 heterocycles. The molecule has 0 atom stereocenters. The summed E-state index contributed by atoms with van der Waals surface area (Å²) in [6.07, 6.45) is 0. The first-order chi connectivity index (χ1) is 7.31. The van der Waals surface area contributed by atoms with E-state index >= 15 is 0 Å². The van der Waals surface area contributed by atoms with Crippen LogP contribution < -0.4 is 0 Å². The summed E-state index contributed by atoms with van der Waals surface area (Å²) in [5.41, 5.74) is 1.54. The molecule has 0 amide bonds. The van der Waals surface area contributed by atoms with Gasteiger partial charge < -0.3 is 4.43 Å². The van der Waals surface area contributed by atoms with E-state index in [1.165, 1.54) is 0 Å². The van der Waals surface area contributed by atoms with Crippen LogP contribution in [-0.4, -0.2) is 15.4 Å². The summed E-state index contributed by atoms with van der Waals surface area (Å²) in [6, 6.07) is 3.60. The number of hydrogen-bond donors (Lipinski definition) is 0. The van der Waals surface area contributed by atoms with Crippen molar-refractivity contribution in [2.45, 2.75) is 33.3 Å². The number of nitro benzene ring substituents is 1. The minimum absolute atomic E-state index is 0.128. The van der Waals surface area contributed by atoms with Crippen molar-refractivity contribution in [3.05, 3.63) is 38.9 Å². The van der Waals surface area contributed by atoms with E-state index in [9.17, 15) is 10.1 Å². The van der Waals surface area contributed by atoms with Crippen molar-refractivity contribution in [2.75, 3.05) is 0 Å². The zero-order chi connectivity index (χ0) is 12.5. The van der Waals surface area contributed by atoms with Gasteiger partial charge in [-0.25, -0.2) is 0 Å². The predicted octanol–water partition coefficient (Wildman–Crippen LogP) is 2.55. The third kappa shape index (κ3) is 2.15. The molecule has 0 unspecified atom stereocenters. The maximum Gasteiger partial charge on any atom is 0.278 e. The summed E-state index contributed by atoms with van der Waals surface area (Å²) in [5, 5.41) is 11.1. The highest BCUT2D eigenvalue weighted by Crippen LogP contribution is 2.35. The second-order valence-corrected chi connectivity index (χ2v) is 4.48. The molecule has 0 aliphatic rings. The molecule has 4 nitrogen and oxygen atoms in total. The van der Waals surface area contributed by atoms with Gasteiger partial charge in [-0.15, -0.1) is 0 Å². The van der Waals surface area contributed by atoms with Crippen LogP contribution in [0, 0.1) is 24.0 Å². The van der Waals surface area contributed by atoms with Gasteiger partial charge in [0.2, 0.25) is 10.5 Å². The standard InChI is InChI=1S/C11H14NO3Si/c1-7-5-6-9(11(3,4)15-16)10(8(7)2)12(13)14/h5-6H,1-4H3. The Labute approximate surface area is 98.3 Å². The molecule has 0 aromatic heterocycles. The van der Waals surface area contributed by atoms with E-state index in [4.69, 9.17) is 4.43 Å². The van der Waals surface area contributed by atoms with Crippen LogP contribution in [-0.2, 0) is 10.0 Å². The molecule has 0 saturated heterocycles. The molecule has 0 bridgehead atoms. The van der Waals surface area contributed by atoms with Crippen LogP contribution in [0.15, 0.2) is 12.1 Å². The van der Waals surface area contributed by atoms with Gasteiger partial charge in [0.25, 0.3) is 5.69 Å². The van der Waals surface area contributed by atoms with E-state index in [1.54, 1.807) is 26.8 Å². The maximum absolute atomic E-state index is 11.1. The Morgan fingerprint density at radius 1 is 1.38 bits per heavy atom. The monoisotopic (exact) mass is 236 g/mol. The third-order valence-corrected chi connectivity index (χ3v) is 3.30. The fraction of sp³-hybridized carbons (Fsp3) is 0.455. The lowest BCUT2D eigenvalue weighted by Crippen LogP contribution is -2.22. The molecule has 0 spiro atoms. The van der Waals surface area contributed by atoms with E-state index in [1.807, 2.05) is 13.0 Å². The maximum atomic E-state index is 11.1. The van der Waals surface area contributed by atoms with Crippen molar-refractivity contribution in [3.8, 4) is 0 Å². The van der Waals surface area contributed by atoms with E-state index < -0.39 is 5.60 Å². The average molecular weight is 236 g/mol. The van der Waals surface area contributed by atoms with E-state index in [-0.39, 0.29) is 10.6 Å². The van der Waals surface area contributed by atoms with Crippen molar-refractivity contribution in [1.29, 1.82) is 0 Å². The Kier molecular flexibility index (Phi) is 3.50. The predicted molar refractivity (Wildman–Crippen MR) is 62.4 cm³/mol. The Morgan fingerprint density at radius 2 is 1.94 bits per heavy atom. The molecule has 5 heteroatoms. The van der Waals surface area contributed by atoms with E-state index in [0.717, 1.165) is 5.56 Å². The van der Waals surface area contributed by atoms with Crippen molar-refractivity contribution >= 4 is 16.2 Å². The summed E-state index contributed by atoms with van der Waals surface area (Å²) in [5.74, 6) is 0. The quantitative estimate of drug-likeness (QED) is 0.460. The van der Waals surface area contributed by atoms with Gasteiger partial charge in [0.05, 0.1) is 16.1 Å². The number of benzene rings is 1. The molecule has 0 saturated carbocycles. The first kappa shape index (κ1) is 12.9. The van der Waals surface area contributed by atoms with Crippen molar-refractivity contribution in [2.24, 2.45) is 0 Å². The van der Waals surface area contributed by atoms with Crippen LogP contribution in [0.3, 0.4) is 0 Å². The van der Waals surface area contributed by atoms with Gasteiger partial charge in [0.15, 0.2) is 0 Å². The fourth-order valence-electron chi connectivity index (χ4n) is 1.58. The van der Waals surface area contributed by atoms with Gasteiger partial charge in [-0.05, 0) is 39.3 Å². The van der Waals surface area contributed by atoms with Gasteiger partial charge in [-0.1, -0.05) is 6.07 Å². The Balaban J connectivity index is 3.52. The second kappa shape index (κ2) is 4.35. The average Bonchev–Trinajstić information content (AvgIpc) is 2.21. The van der Waals surface area contributed by atoms with Crippen LogP contribution in [0.1, 0.15) is 30.5 Å². The third-order valence-electron chi connectivity index (χ3n) is 2.79. The van der Waals surface area contributed by atoms with Crippen molar-refractivity contribution in [3.63, 3.8) is 0 Å². The van der Waals surface area contributed by atoms with Gasteiger partial charge in [-0.2, -0.15) is 0 Å². The largest absolute Gasteiger partial charge is 0.409 e.